The topological polar surface area (TPSA) is 64.0 Å². The van der Waals surface area contributed by atoms with E-state index in [0.29, 0.717) is 13.0 Å². The van der Waals surface area contributed by atoms with Crippen molar-refractivity contribution in [1.82, 2.24) is 10.0 Å². The van der Waals surface area contributed by atoms with E-state index in [1.807, 2.05) is 0 Å². The molecule has 1 aliphatic rings. The second-order valence-corrected chi connectivity index (χ2v) is 3.82. The van der Waals surface area contributed by atoms with Gasteiger partial charge in [-0.2, -0.15) is 0 Å². The Hall–Kier alpha value is -1.59. The molecule has 0 bridgehead atoms. The molecule has 0 aromatic heterocycles. The van der Waals surface area contributed by atoms with E-state index in [1.54, 1.807) is 24.2 Å². The van der Waals surface area contributed by atoms with Gasteiger partial charge in [0.2, 0.25) is 0 Å². The van der Waals surface area contributed by atoms with Gasteiger partial charge in [0.1, 0.15) is 12.0 Å². The normalized spacial score (nSPS) is 21.4. The van der Waals surface area contributed by atoms with Gasteiger partial charge in [0.15, 0.2) is 0 Å². The maximum absolute atomic E-state index is 12.1. The van der Waals surface area contributed by atoms with Gasteiger partial charge in [-0.1, -0.05) is 12.1 Å². The second kappa shape index (κ2) is 4.11. The first-order valence-electron chi connectivity index (χ1n) is 5.12. The minimum Gasteiger partial charge on any atom is -0.507 e. The van der Waals surface area contributed by atoms with Crippen molar-refractivity contribution in [3.05, 3.63) is 29.8 Å². The largest absolute Gasteiger partial charge is 0.507 e. The molecule has 0 spiro atoms. The van der Waals surface area contributed by atoms with Crippen molar-refractivity contribution in [3.8, 4) is 5.75 Å². The van der Waals surface area contributed by atoms with Crippen molar-refractivity contribution in [2.24, 2.45) is 0 Å². The second-order valence-electron chi connectivity index (χ2n) is 3.82. The summed E-state index contributed by atoms with van der Waals surface area (Å²) < 4.78 is 0. The Kier molecular flexibility index (Phi) is 2.80. The van der Waals surface area contributed by atoms with Crippen LogP contribution < -0.4 is 0 Å². The molecule has 1 aromatic carbocycles. The van der Waals surface area contributed by atoms with Gasteiger partial charge in [-0.25, -0.2) is 10.0 Å². The number of phenols is 1. The van der Waals surface area contributed by atoms with Crippen molar-refractivity contribution in [3.63, 3.8) is 0 Å². The lowest BCUT2D eigenvalue weighted by Gasteiger charge is -2.26. The monoisotopic (exact) mass is 222 g/mol. The van der Waals surface area contributed by atoms with E-state index in [4.69, 9.17) is 0 Å². The van der Waals surface area contributed by atoms with Gasteiger partial charge in [-0.3, -0.25) is 4.79 Å². The zero-order chi connectivity index (χ0) is 11.7. The summed E-state index contributed by atoms with van der Waals surface area (Å²) in [7, 11) is 1.73. The Morgan fingerprint density at radius 2 is 2.12 bits per heavy atom. The average Bonchev–Trinajstić information content (AvgIpc) is 2.58. The van der Waals surface area contributed by atoms with Crippen LogP contribution in [0.2, 0.25) is 0 Å². The first-order valence-corrected chi connectivity index (χ1v) is 5.12. The van der Waals surface area contributed by atoms with Crippen LogP contribution in [0, 0.1) is 0 Å². The number of carbonyl (C=O) groups excluding carboxylic acids is 1. The van der Waals surface area contributed by atoms with Crippen LogP contribution in [0.15, 0.2) is 24.3 Å². The highest BCUT2D eigenvalue weighted by atomic mass is 16.3. The Labute approximate surface area is 93.5 Å². The van der Waals surface area contributed by atoms with Crippen molar-refractivity contribution in [2.45, 2.75) is 12.6 Å². The summed E-state index contributed by atoms with van der Waals surface area (Å²) in [5, 5.41) is 22.1. The third-order valence-corrected chi connectivity index (χ3v) is 2.70. The highest BCUT2D eigenvalue weighted by Crippen LogP contribution is 2.22. The van der Waals surface area contributed by atoms with Gasteiger partial charge in [0.05, 0.1) is 5.56 Å². The smallest absolute Gasteiger partial charge is 0.274 e. The highest BCUT2D eigenvalue weighted by molar-refractivity contribution is 5.96. The van der Waals surface area contributed by atoms with Crippen LogP contribution in [0.1, 0.15) is 16.8 Å². The SMILES string of the molecule is CN1CCC(O)N1C(=O)c1ccccc1O. The molecule has 1 fully saturated rings. The Morgan fingerprint density at radius 1 is 1.44 bits per heavy atom. The number of hydrogen-bond acceptors (Lipinski definition) is 4. The molecular formula is C11H14N2O3. The van der Waals surface area contributed by atoms with Crippen LogP contribution in [-0.2, 0) is 0 Å². The van der Waals surface area contributed by atoms with Crippen molar-refractivity contribution in [2.75, 3.05) is 13.6 Å². The van der Waals surface area contributed by atoms with Crippen molar-refractivity contribution >= 4 is 5.91 Å². The van der Waals surface area contributed by atoms with Gasteiger partial charge in [-0.05, 0) is 12.1 Å². The molecule has 5 nitrogen and oxygen atoms in total. The number of nitrogens with zero attached hydrogens (tertiary/aromatic N) is 2. The summed E-state index contributed by atoms with van der Waals surface area (Å²) in [6.07, 6.45) is -0.285. The zero-order valence-electron chi connectivity index (χ0n) is 9.00. The fourth-order valence-electron chi connectivity index (χ4n) is 1.83. The van der Waals surface area contributed by atoms with Gasteiger partial charge in [0, 0.05) is 20.0 Å². The molecule has 1 aliphatic heterocycles. The molecule has 1 saturated heterocycles. The van der Waals surface area contributed by atoms with E-state index >= 15 is 0 Å². The Balaban J connectivity index is 2.29. The van der Waals surface area contributed by atoms with Crippen molar-refractivity contribution in [1.29, 1.82) is 0 Å². The van der Waals surface area contributed by atoms with E-state index in [-0.39, 0.29) is 17.2 Å². The molecule has 1 heterocycles. The molecule has 2 rings (SSSR count). The number of benzene rings is 1. The average molecular weight is 222 g/mol. The van der Waals surface area contributed by atoms with Gasteiger partial charge < -0.3 is 10.2 Å². The minimum absolute atomic E-state index is 0.0694. The Bertz CT molecular complexity index is 398. The number of rotatable bonds is 1. The van der Waals surface area contributed by atoms with Crippen LogP contribution in [0.5, 0.6) is 5.75 Å². The number of para-hydroxylation sites is 1. The molecule has 2 N–H and O–H groups in total. The fraction of sp³-hybridized carbons (Fsp3) is 0.364. The van der Waals surface area contributed by atoms with Crippen LogP contribution >= 0.6 is 0 Å². The number of aromatic hydroxyl groups is 1. The molecule has 16 heavy (non-hydrogen) atoms. The van der Waals surface area contributed by atoms with Gasteiger partial charge in [0.25, 0.3) is 5.91 Å². The predicted octanol–water partition coefficient (Wildman–Crippen LogP) is 0.403. The standard InChI is InChI=1S/C11H14N2O3/c1-12-7-6-10(15)13(12)11(16)8-4-2-3-5-9(8)14/h2-5,10,14-15H,6-7H2,1H3. The van der Waals surface area contributed by atoms with E-state index in [2.05, 4.69) is 0 Å². The molecule has 1 atom stereocenters. The summed E-state index contributed by atoms with van der Waals surface area (Å²) in [5.41, 5.74) is 0.204. The molecule has 0 saturated carbocycles. The summed E-state index contributed by atoms with van der Waals surface area (Å²) in [5.74, 6) is -0.453. The summed E-state index contributed by atoms with van der Waals surface area (Å²) >= 11 is 0. The van der Waals surface area contributed by atoms with Crippen LogP contribution in [0.4, 0.5) is 0 Å². The molecule has 0 radical (unpaired) electrons. The summed E-state index contributed by atoms with van der Waals surface area (Å²) in [6, 6.07) is 6.32. The quantitative estimate of drug-likeness (QED) is 0.722. The van der Waals surface area contributed by atoms with Crippen molar-refractivity contribution < 1.29 is 15.0 Å². The lowest BCUT2D eigenvalue weighted by molar-refractivity contribution is -0.0443. The molecule has 0 aliphatic carbocycles. The molecule has 1 unspecified atom stereocenters. The lowest BCUT2D eigenvalue weighted by Crippen LogP contribution is -2.43. The maximum atomic E-state index is 12.1. The van der Waals surface area contributed by atoms with Gasteiger partial charge in [-0.15, -0.1) is 0 Å². The summed E-state index contributed by atoms with van der Waals surface area (Å²) in [6.45, 7) is 0.625. The van der Waals surface area contributed by atoms with E-state index in [0.717, 1.165) is 0 Å². The van der Waals surface area contributed by atoms with E-state index in [1.165, 1.54) is 17.1 Å². The fourth-order valence-corrected chi connectivity index (χ4v) is 1.83. The van der Waals surface area contributed by atoms with Crippen LogP contribution in [-0.4, -0.2) is 46.0 Å². The maximum Gasteiger partial charge on any atom is 0.274 e. The van der Waals surface area contributed by atoms with E-state index < -0.39 is 6.23 Å². The first kappa shape index (κ1) is 10.9. The number of aliphatic hydroxyl groups is 1. The molecule has 86 valence electrons. The lowest BCUT2D eigenvalue weighted by atomic mass is 10.2. The number of amides is 1. The van der Waals surface area contributed by atoms with E-state index in [9.17, 15) is 15.0 Å². The van der Waals surface area contributed by atoms with Crippen LogP contribution in [0.25, 0.3) is 0 Å². The number of hydrogen-bond donors (Lipinski definition) is 2. The first-order chi connectivity index (χ1) is 7.61. The molecular weight excluding hydrogens is 208 g/mol. The predicted molar refractivity (Wildman–Crippen MR) is 57.5 cm³/mol. The molecule has 5 heteroatoms. The third kappa shape index (κ3) is 1.75. The molecule has 1 aromatic rings. The van der Waals surface area contributed by atoms with Gasteiger partial charge >= 0.3 is 0 Å². The minimum atomic E-state index is -0.808. The zero-order valence-corrected chi connectivity index (χ0v) is 9.00. The number of hydrazine groups is 1. The number of carbonyl (C=O) groups is 1. The molecule has 1 amide bonds. The Morgan fingerprint density at radius 3 is 2.69 bits per heavy atom. The third-order valence-electron chi connectivity index (χ3n) is 2.70. The van der Waals surface area contributed by atoms with Crippen LogP contribution in [0.3, 0.4) is 0 Å². The number of phenolic OH excluding ortho intramolecular Hbond substituents is 1. The highest BCUT2D eigenvalue weighted by Gasteiger charge is 2.33. The number of aliphatic hydroxyl groups excluding tert-OH is 1. The summed E-state index contributed by atoms with van der Waals surface area (Å²) in [4.78, 5) is 12.1.